The van der Waals surface area contributed by atoms with Crippen LogP contribution < -0.4 is 11.6 Å². The largest absolute Gasteiger partial charge is 0.493 e. The van der Waals surface area contributed by atoms with E-state index in [0.29, 0.717) is 0 Å². The fraction of sp³-hybridized carbons (Fsp3) is 0.250. The van der Waals surface area contributed by atoms with E-state index >= 15 is 0 Å². The third kappa shape index (κ3) is 2.66. The van der Waals surface area contributed by atoms with Gasteiger partial charge in [0, 0.05) is 14.2 Å². The summed E-state index contributed by atoms with van der Waals surface area (Å²) in [4.78, 5) is 0. The molecule has 0 aliphatic rings. The quantitative estimate of drug-likeness (QED) is 0.678. The summed E-state index contributed by atoms with van der Waals surface area (Å²) in [5.74, 6) is 0. The first-order valence-corrected chi connectivity index (χ1v) is 3.49. The fourth-order valence-corrected chi connectivity index (χ4v) is 0.979. The molecule has 0 fully saturated rings. The van der Waals surface area contributed by atoms with E-state index in [-0.39, 0.29) is 13.3 Å². The van der Waals surface area contributed by atoms with E-state index < -0.39 is 0 Å². The second kappa shape index (κ2) is 5.77. The minimum atomic E-state index is -0.240. The molecule has 1 aromatic carbocycles. The highest BCUT2D eigenvalue weighted by atomic mass is 16.6. The van der Waals surface area contributed by atoms with Crippen LogP contribution >= 0.6 is 0 Å². The van der Waals surface area contributed by atoms with Crippen molar-refractivity contribution in [3.05, 3.63) is 30.3 Å². The maximum atomic E-state index is 5.06. The van der Waals surface area contributed by atoms with E-state index in [2.05, 4.69) is 0 Å². The van der Waals surface area contributed by atoms with Crippen LogP contribution in [0.5, 0.6) is 0 Å². The van der Waals surface area contributed by atoms with Gasteiger partial charge in [0.2, 0.25) is 0 Å². The Labute approximate surface area is 73.4 Å². The second-order valence-corrected chi connectivity index (χ2v) is 2.21. The van der Waals surface area contributed by atoms with Crippen LogP contribution in [0.4, 0.5) is 0 Å². The Morgan fingerprint density at radius 2 is 1.50 bits per heavy atom. The van der Waals surface area contributed by atoms with Crippen LogP contribution in [0.1, 0.15) is 0 Å². The molecule has 0 saturated carbocycles. The van der Waals surface area contributed by atoms with E-state index in [4.69, 9.17) is 9.31 Å². The lowest BCUT2D eigenvalue weighted by atomic mass is 9.79. The van der Waals surface area contributed by atoms with Crippen molar-refractivity contribution in [2.45, 2.75) is 0 Å². The van der Waals surface area contributed by atoms with Crippen molar-refractivity contribution in [3.8, 4) is 0 Å². The van der Waals surface area contributed by atoms with E-state index in [0.717, 1.165) is 5.46 Å². The van der Waals surface area contributed by atoms with Gasteiger partial charge < -0.3 is 15.5 Å². The molecule has 12 heavy (non-hydrogen) atoms. The lowest BCUT2D eigenvalue weighted by molar-refractivity contribution is 0.292. The molecule has 3 N–H and O–H groups in total. The molecular weight excluding hydrogens is 153 g/mol. The molecule has 0 radical (unpaired) electrons. The predicted molar refractivity (Wildman–Crippen MR) is 50.9 cm³/mol. The lowest BCUT2D eigenvalue weighted by Crippen LogP contribution is -2.34. The van der Waals surface area contributed by atoms with Crippen molar-refractivity contribution in [1.82, 2.24) is 6.15 Å². The SMILES string of the molecule is COB(OC)c1ccccc1.N. The highest BCUT2D eigenvalue weighted by Gasteiger charge is 2.15. The van der Waals surface area contributed by atoms with Crippen molar-refractivity contribution < 1.29 is 9.31 Å². The molecule has 1 rings (SSSR count). The summed E-state index contributed by atoms with van der Waals surface area (Å²) in [5, 5.41) is 0. The van der Waals surface area contributed by atoms with Crippen LogP contribution in [-0.2, 0) is 9.31 Å². The van der Waals surface area contributed by atoms with Crippen molar-refractivity contribution in [2.75, 3.05) is 14.2 Å². The van der Waals surface area contributed by atoms with Gasteiger partial charge in [0.05, 0.1) is 0 Å². The third-order valence-corrected chi connectivity index (χ3v) is 1.50. The first kappa shape index (κ1) is 11.2. The molecule has 0 saturated heterocycles. The van der Waals surface area contributed by atoms with Gasteiger partial charge >= 0.3 is 7.12 Å². The van der Waals surface area contributed by atoms with Crippen molar-refractivity contribution in [2.24, 2.45) is 0 Å². The molecule has 0 amide bonds. The van der Waals surface area contributed by atoms with Crippen LogP contribution in [0.25, 0.3) is 0 Å². The second-order valence-electron chi connectivity index (χ2n) is 2.21. The van der Waals surface area contributed by atoms with Gasteiger partial charge in [0.1, 0.15) is 0 Å². The van der Waals surface area contributed by atoms with Crippen molar-refractivity contribution in [1.29, 1.82) is 0 Å². The molecule has 0 bridgehead atoms. The zero-order valence-electron chi connectivity index (χ0n) is 7.49. The molecule has 1 aromatic rings. The average molecular weight is 167 g/mol. The Morgan fingerprint density at radius 1 is 1.00 bits per heavy atom. The van der Waals surface area contributed by atoms with E-state index in [1.807, 2.05) is 30.3 Å². The summed E-state index contributed by atoms with van der Waals surface area (Å²) >= 11 is 0. The summed E-state index contributed by atoms with van der Waals surface area (Å²) in [6, 6.07) is 9.82. The van der Waals surface area contributed by atoms with Gasteiger partial charge in [0.15, 0.2) is 0 Å². The summed E-state index contributed by atoms with van der Waals surface area (Å²) < 4.78 is 10.1. The molecule has 0 atom stereocenters. The van der Waals surface area contributed by atoms with Crippen LogP contribution in [0, 0.1) is 0 Å². The zero-order chi connectivity index (χ0) is 8.10. The summed E-state index contributed by atoms with van der Waals surface area (Å²) in [6.45, 7) is 0. The molecule has 0 heterocycles. The Kier molecular flexibility index (Phi) is 5.37. The van der Waals surface area contributed by atoms with Gasteiger partial charge in [0.25, 0.3) is 0 Å². The smallest absolute Gasteiger partial charge is 0.410 e. The number of hydrogen-bond donors (Lipinski definition) is 1. The number of rotatable bonds is 3. The van der Waals surface area contributed by atoms with Gasteiger partial charge in [-0.15, -0.1) is 0 Å². The Bertz CT molecular complexity index is 201. The topological polar surface area (TPSA) is 53.5 Å². The molecule has 0 aliphatic heterocycles. The highest BCUT2D eigenvalue weighted by molar-refractivity contribution is 6.61. The minimum Gasteiger partial charge on any atom is -0.410 e. The van der Waals surface area contributed by atoms with Crippen LogP contribution in [-0.4, -0.2) is 21.3 Å². The average Bonchev–Trinajstić information content (AvgIpc) is 2.09. The third-order valence-electron chi connectivity index (χ3n) is 1.50. The standard InChI is InChI=1S/C8H11BO2.H3N/c1-10-9(11-2)8-6-4-3-5-7-8;/h3-7H,1-2H3;1H3. The van der Waals surface area contributed by atoms with Gasteiger partial charge in [-0.25, -0.2) is 0 Å². The number of benzene rings is 1. The van der Waals surface area contributed by atoms with E-state index in [1.165, 1.54) is 0 Å². The van der Waals surface area contributed by atoms with Gasteiger partial charge in [-0.2, -0.15) is 0 Å². The Hall–Kier alpha value is -0.835. The van der Waals surface area contributed by atoms with Crippen molar-refractivity contribution in [3.63, 3.8) is 0 Å². The molecular formula is C8H14BNO2. The van der Waals surface area contributed by atoms with Crippen LogP contribution in [0.3, 0.4) is 0 Å². The molecule has 66 valence electrons. The maximum absolute atomic E-state index is 5.06. The predicted octanol–water partition coefficient (Wildman–Crippen LogP) is 0.837. The monoisotopic (exact) mass is 167 g/mol. The van der Waals surface area contributed by atoms with Gasteiger partial charge in [-0.3, -0.25) is 0 Å². The Morgan fingerprint density at radius 3 is 1.92 bits per heavy atom. The fourth-order valence-electron chi connectivity index (χ4n) is 0.979. The number of hydrogen-bond acceptors (Lipinski definition) is 3. The molecule has 0 aromatic heterocycles. The minimum absolute atomic E-state index is 0. The first-order chi connectivity index (χ1) is 5.38. The molecule has 3 nitrogen and oxygen atoms in total. The maximum Gasteiger partial charge on any atom is 0.493 e. The zero-order valence-corrected chi connectivity index (χ0v) is 7.49. The molecule has 0 aliphatic carbocycles. The Balaban J connectivity index is 0.00000121. The molecule has 0 unspecified atom stereocenters. The van der Waals surface area contributed by atoms with Crippen molar-refractivity contribution >= 4 is 12.6 Å². The first-order valence-electron chi connectivity index (χ1n) is 3.49. The lowest BCUT2D eigenvalue weighted by Gasteiger charge is -2.07. The summed E-state index contributed by atoms with van der Waals surface area (Å²) in [7, 11) is 3.01. The highest BCUT2D eigenvalue weighted by Crippen LogP contribution is 1.89. The van der Waals surface area contributed by atoms with Crippen LogP contribution in [0.2, 0.25) is 0 Å². The summed E-state index contributed by atoms with van der Waals surface area (Å²) in [6.07, 6.45) is 0. The molecule has 0 spiro atoms. The van der Waals surface area contributed by atoms with E-state index in [9.17, 15) is 0 Å². The van der Waals surface area contributed by atoms with E-state index in [1.54, 1.807) is 14.2 Å². The normalized spacial score (nSPS) is 8.83. The molecule has 4 heteroatoms. The van der Waals surface area contributed by atoms with Gasteiger partial charge in [-0.05, 0) is 5.46 Å². The van der Waals surface area contributed by atoms with Gasteiger partial charge in [-0.1, -0.05) is 30.3 Å². The van der Waals surface area contributed by atoms with Crippen LogP contribution in [0.15, 0.2) is 30.3 Å². The summed E-state index contributed by atoms with van der Waals surface area (Å²) in [5.41, 5.74) is 1.04.